The highest BCUT2D eigenvalue weighted by Crippen LogP contribution is 2.32. The second-order valence-corrected chi connectivity index (χ2v) is 3.29. The molecular weight excluding hydrogens is 200 g/mol. The highest BCUT2D eigenvalue weighted by atomic mass is 19.3. The summed E-state index contributed by atoms with van der Waals surface area (Å²) in [6.45, 7) is 0. The summed E-state index contributed by atoms with van der Waals surface area (Å²) in [5.41, 5.74) is 0.518. The van der Waals surface area contributed by atoms with Crippen LogP contribution >= 0.6 is 0 Å². The molecule has 0 saturated carbocycles. The van der Waals surface area contributed by atoms with Crippen LogP contribution in [0.4, 0.5) is 8.78 Å². The van der Waals surface area contributed by atoms with Gasteiger partial charge < -0.3 is 4.57 Å². The summed E-state index contributed by atoms with van der Waals surface area (Å²) in [6.07, 6.45) is -2.15. The summed E-state index contributed by atoms with van der Waals surface area (Å²) >= 11 is 0. The van der Waals surface area contributed by atoms with Gasteiger partial charge in [0.1, 0.15) is 0 Å². The van der Waals surface area contributed by atoms with Crippen molar-refractivity contribution in [1.29, 1.82) is 0 Å². The summed E-state index contributed by atoms with van der Waals surface area (Å²) < 4.78 is 27.1. The van der Waals surface area contributed by atoms with Gasteiger partial charge in [0.2, 0.25) is 0 Å². The molecule has 78 valence electrons. The summed E-state index contributed by atoms with van der Waals surface area (Å²) in [5.74, 6) is 0. The fraction of sp³-hybridized carbons (Fsp3) is 0.182. The van der Waals surface area contributed by atoms with E-state index in [9.17, 15) is 13.6 Å². The number of hydrogen-bond acceptors (Lipinski definition) is 1. The molecule has 1 aromatic carbocycles. The average molecular weight is 209 g/mol. The van der Waals surface area contributed by atoms with Gasteiger partial charge in [0, 0.05) is 18.0 Å². The van der Waals surface area contributed by atoms with E-state index in [1.165, 1.54) is 4.57 Å². The van der Waals surface area contributed by atoms with Crippen molar-refractivity contribution in [3.63, 3.8) is 0 Å². The predicted molar refractivity (Wildman–Crippen MR) is 53.3 cm³/mol. The fourth-order valence-corrected chi connectivity index (χ4v) is 1.81. The number of aryl methyl sites for hydroxylation is 1. The van der Waals surface area contributed by atoms with Gasteiger partial charge in [-0.25, -0.2) is 8.78 Å². The van der Waals surface area contributed by atoms with E-state index in [0.717, 1.165) is 0 Å². The zero-order valence-electron chi connectivity index (χ0n) is 8.08. The normalized spacial score (nSPS) is 11.2. The van der Waals surface area contributed by atoms with Gasteiger partial charge in [-0.05, 0) is 6.07 Å². The first-order valence-electron chi connectivity index (χ1n) is 4.47. The zero-order valence-corrected chi connectivity index (χ0v) is 8.08. The Kier molecular flexibility index (Phi) is 2.26. The predicted octanol–water partition coefficient (Wildman–Crippen LogP) is 2.93. The van der Waals surface area contributed by atoms with E-state index in [4.69, 9.17) is 0 Å². The summed E-state index contributed by atoms with van der Waals surface area (Å²) in [6, 6.07) is 6.76. The number of para-hydroxylation sites is 1. The maximum absolute atomic E-state index is 12.8. The number of rotatable bonds is 2. The van der Waals surface area contributed by atoms with Crippen molar-refractivity contribution >= 4 is 17.2 Å². The number of carbonyl (C=O) groups is 1. The molecule has 1 aromatic heterocycles. The largest absolute Gasteiger partial charge is 0.341 e. The molecule has 4 heteroatoms. The van der Waals surface area contributed by atoms with Crippen LogP contribution in [0, 0.1) is 0 Å². The molecule has 0 aliphatic carbocycles. The molecule has 0 aliphatic heterocycles. The van der Waals surface area contributed by atoms with Crippen LogP contribution in [0.3, 0.4) is 0 Å². The van der Waals surface area contributed by atoms with Gasteiger partial charge in [-0.15, -0.1) is 0 Å². The van der Waals surface area contributed by atoms with Gasteiger partial charge in [0.05, 0.1) is 11.3 Å². The Bertz CT molecular complexity index is 517. The van der Waals surface area contributed by atoms with Crippen molar-refractivity contribution in [2.45, 2.75) is 6.43 Å². The standard InChI is InChI=1S/C11H9F2NO/c1-14-8-5-3-2-4-7(8)10(11(12)13)9(14)6-15/h2-6,11H,1H3. The molecule has 0 aliphatic rings. The molecule has 0 unspecified atom stereocenters. The lowest BCUT2D eigenvalue weighted by molar-refractivity contribution is 0.110. The fourth-order valence-electron chi connectivity index (χ4n) is 1.81. The number of fused-ring (bicyclic) bond motifs is 1. The first-order chi connectivity index (χ1) is 7.16. The Hall–Kier alpha value is -1.71. The van der Waals surface area contributed by atoms with E-state index < -0.39 is 6.43 Å². The van der Waals surface area contributed by atoms with Gasteiger partial charge in [-0.1, -0.05) is 18.2 Å². The Morgan fingerprint density at radius 2 is 2.00 bits per heavy atom. The van der Waals surface area contributed by atoms with Crippen LogP contribution in [0.25, 0.3) is 10.9 Å². The second kappa shape index (κ2) is 3.46. The van der Waals surface area contributed by atoms with E-state index in [2.05, 4.69) is 0 Å². The number of halogens is 2. The molecule has 0 N–H and O–H groups in total. The lowest BCUT2D eigenvalue weighted by atomic mass is 10.1. The van der Waals surface area contributed by atoms with Crippen LogP contribution in [0.1, 0.15) is 22.5 Å². The second-order valence-electron chi connectivity index (χ2n) is 3.29. The van der Waals surface area contributed by atoms with Crippen molar-refractivity contribution in [3.05, 3.63) is 35.5 Å². The smallest absolute Gasteiger partial charge is 0.266 e. The maximum atomic E-state index is 12.8. The Morgan fingerprint density at radius 3 is 2.60 bits per heavy atom. The number of alkyl halides is 2. The quantitative estimate of drug-likeness (QED) is 0.697. The lowest BCUT2D eigenvalue weighted by Gasteiger charge is -1.98. The topological polar surface area (TPSA) is 22.0 Å². The van der Waals surface area contributed by atoms with Gasteiger partial charge >= 0.3 is 0 Å². The van der Waals surface area contributed by atoms with Gasteiger partial charge in [-0.2, -0.15) is 0 Å². The molecule has 0 radical (unpaired) electrons. The summed E-state index contributed by atoms with van der Waals surface area (Å²) in [4.78, 5) is 10.8. The van der Waals surface area contributed by atoms with E-state index in [1.54, 1.807) is 31.3 Å². The molecule has 0 bridgehead atoms. The first kappa shape index (κ1) is 9.83. The van der Waals surface area contributed by atoms with E-state index in [0.29, 0.717) is 17.2 Å². The van der Waals surface area contributed by atoms with Crippen molar-refractivity contribution in [2.24, 2.45) is 7.05 Å². The molecule has 1 heterocycles. The zero-order chi connectivity index (χ0) is 11.0. The third kappa shape index (κ3) is 1.33. The van der Waals surface area contributed by atoms with Crippen molar-refractivity contribution in [1.82, 2.24) is 4.57 Å². The minimum absolute atomic E-state index is 0.0474. The number of benzene rings is 1. The molecule has 0 fully saturated rings. The third-order valence-electron chi connectivity index (χ3n) is 2.52. The van der Waals surface area contributed by atoms with E-state index in [-0.39, 0.29) is 11.3 Å². The van der Waals surface area contributed by atoms with Crippen LogP contribution < -0.4 is 0 Å². The Morgan fingerprint density at radius 1 is 1.33 bits per heavy atom. The molecule has 0 atom stereocenters. The highest BCUT2D eigenvalue weighted by Gasteiger charge is 2.21. The molecule has 0 amide bonds. The number of aromatic nitrogens is 1. The summed E-state index contributed by atoms with van der Waals surface area (Å²) in [7, 11) is 1.61. The van der Waals surface area contributed by atoms with E-state index in [1.807, 2.05) is 0 Å². The minimum atomic E-state index is -2.63. The van der Waals surface area contributed by atoms with Crippen LogP contribution in [-0.2, 0) is 7.05 Å². The number of carbonyl (C=O) groups excluding carboxylic acids is 1. The molecular formula is C11H9F2NO. The highest BCUT2D eigenvalue weighted by molar-refractivity contribution is 5.93. The minimum Gasteiger partial charge on any atom is -0.341 e. The molecule has 15 heavy (non-hydrogen) atoms. The molecule has 2 aromatic rings. The van der Waals surface area contributed by atoms with Crippen molar-refractivity contribution in [2.75, 3.05) is 0 Å². The van der Waals surface area contributed by atoms with E-state index >= 15 is 0 Å². The Balaban J connectivity index is 2.91. The number of nitrogens with zero attached hydrogens (tertiary/aromatic N) is 1. The maximum Gasteiger partial charge on any atom is 0.266 e. The first-order valence-corrected chi connectivity index (χ1v) is 4.47. The average Bonchev–Trinajstić information content (AvgIpc) is 2.52. The lowest BCUT2D eigenvalue weighted by Crippen LogP contribution is -1.97. The Labute approximate surface area is 85.1 Å². The van der Waals surface area contributed by atoms with Gasteiger partial charge in [0.25, 0.3) is 6.43 Å². The molecule has 2 rings (SSSR count). The SMILES string of the molecule is Cn1c(C=O)c(C(F)F)c2ccccc21. The van der Waals surface area contributed by atoms with Gasteiger partial charge in [-0.3, -0.25) is 4.79 Å². The molecule has 2 nitrogen and oxygen atoms in total. The molecule has 0 spiro atoms. The van der Waals surface area contributed by atoms with Crippen LogP contribution in [0.15, 0.2) is 24.3 Å². The van der Waals surface area contributed by atoms with Crippen LogP contribution in [0.2, 0.25) is 0 Å². The summed E-state index contributed by atoms with van der Waals surface area (Å²) in [5, 5.41) is 0.442. The number of hydrogen-bond donors (Lipinski definition) is 0. The molecule has 0 saturated heterocycles. The van der Waals surface area contributed by atoms with Crippen LogP contribution in [0.5, 0.6) is 0 Å². The third-order valence-corrected chi connectivity index (χ3v) is 2.52. The van der Waals surface area contributed by atoms with Crippen molar-refractivity contribution < 1.29 is 13.6 Å². The monoisotopic (exact) mass is 209 g/mol. The van der Waals surface area contributed by atoms with Gasteiger partial charge in [0.15, 0.2) is 6.29 Å². The van der Waals surface area contributed by atoms with Crippen LogP contribution in [-0.4, -0.2) is 10.9 Å². The number of aldehydes is 1. The van der Waals surface area contributed by atoms with Crippen molar-refractivity contribution in [3.8, 4) is 0 Å².